The lowest BCUT2D eigenvalue weighted by molar-refractivity contribution is 0.809. The van der Waals surface area contributed by atoms with Crippen LogP contribution >= 0.6 is 15.9 Å². The van der Waals surface area contributed by atoms with E-state index in [2.05, 4.69) is 35.1 Å². The Hall–Kier alpha value is -0.310. The van der Waals surface area contributed by atoms with E-state index >= 15 is 0 Å². The van der Waals surface area contributed by atoms with Gasteiger partial charge < -0.3 is 10.7 Å². The first-order chi connectivity index (χ1) is 5.72. The first kappa shape index (κ1) is 11.7. The van der Waals surface area contributed by atoms with Crippen LogP contribution in [0.15, 0.2) is 10.7 Å². The summed E-state index contributed by atoms with van der Waals surface area (Å²) in [6.07, 6.45) is 4.83. The predicted octanol–water partition coefficient (Wildman–Crippen LogP) is 3.04. The van der Waals surface area contributed by atoms with Crippen molar-refractivity contribution in [3.8, 4) is 0 Å². The molecule has 0 aromatic heterocycles. The summed E-state index contributed by atoms with van der Waals surface area (Å²) in [5.74, 6) is 0. The van der Waals surface area contributed by atoms with E-state index in [9.17, 15) is 0 Å². The van der Waals surface area contributed by atoms with Gasteiger partial charge in [0, 0.05) is 18.5 Å². The number of hydrogen-bond donors (Lipinski definition) is 2. The second kappa shape index (κ2) is 7.35. The summed E-state index contributed by atoms with van der Waals surface area (Å²) in [6, 6.07) is 0. The summed E-state index contributed by atoms with van der Waals surface area (Å²) in [5, 5.41) is 10.7. The largest absolute Gasteiger partial charge is 0.390 e. The van der Waals surface area contributed by atoms with E-state index in [4.69, 9.17) is 5.41 Å². The van der Waals surface area contributed by atoms with Crippen molar-refractivity contribution >= 4 is 21.6 Å². The Morgan fingerprint density at radius 1 is 1.42 bits per heavy atom. The normalized spacial score (nSPS) is 11.4. The van der Waals surface area contributed by atoms with Gasteiger partial charge in [-0.3, -0.25) is 0 Å². The summed E-state index contributed by atoms with van der Waals surface area (Å²) in [4.78, 5) is 0. The molecule has 0 aromatic carbocycles. The first-order valence-corrected chi connectivity index (χ1v) is 5.18. The monoisotopic (exact) mass is 232 g/mol. The van der Waals surface area contributed by atoms with E-state index in [0.29, 0.717) is 5.71 Å². The Labute approximate surface area is 83.1 Å². The lowest BCUT2D eigenvalue weighted by Crippen LogP contribution is -2.08. The predicted molar refractivity (Wildman–Crippen MR) is 57.9 cm³/mol. The zero-order valence-electron chi connectivity index (χ0n) is 7.78. The molecule has 0 aromatic rings. The molecule has 0 rings (SSSR count). The van der Waals surface area contributed by atoms with Gasteiger partial charge in [0.1, 0.15) is 0 Å². The molecule has 0 radical (unpaired) electrons. The van der Waals surface area contributed by atoms with Crippen LogP contribution in [0.25, 0.3) is 0 Å². The molecule has 12 heavy (non-hydrogen) atoms. The molecular formula is C9H17BrN2. The van der Waals surface area contributed by atoms with Gasteiger partial charge >= 0.3 is 0 Å². The van der Waals surface area contributed by atoms with E-state index in [0.717, 1.165) is 30.3 Å². The van der Waals surface area contributed by atoms with E-state index < -0.39 is 0 Å². The first-order valence-electron chi connectivity index (χ1n) is 4.39. The van der Waals surface area contributed by atoms with Gasteiger partial charge in [-0.25, -0.2) is 0 Å². The third-order valence-electron chi connectivity index (χ3n) is 1.41. The van der Waals surface area contributed by atoms with Crippen molar-refractivity contribution in [3.63, 3.8) is 0 Å². The third kappa shape index (κ3) is 5.35. The van der Waals surface area contributed by atoms with E-state index in [1.54, 1.807) is 0 Å². The van der Waals surface area contributed by atoms with Gasteiger partial charge in [0.25, 0.3) is 0 Å². The summed E-state index contributed by atoms with van der Waals surface area (Å²) in [5.41, 5.74) is 0.668. The highest BCUT2D eigenvalue weighted by Crippen LogP contribution is 2.08. The van der Waals surface area contributed by atoms with E-state index in [1.807, 2.05) is 6.20 Å². The molecule has 0 aliphatic heterocycles. The fourth-order valence-electron chi connectivity index (χ4n) is 0.763. The molecule has 0 spiro atoms. The minimum Gasteiger partial charge on any atom is -0.390 e. The molecule has 0 fully saturated rings. The molecular weight excluding hydrogens is 216 g/mol. The molecule has 0 bridgehead atoms. The third-order valence-corrected chi connectivity index (χ3v) is 2.12. The Morgan fingerprint density at radius 2 is 2.08 bits per heavy atom. The maximum atomic E-state index is 7.57. The second-order valence-corrected chi connectivity index (χ2v) is 3.53. The average molecular weight is 233 g/mol. The van der Waals surface area contributed by atoms with Crippen molar-refractivity contribution in [2.24, 2.45) is 0 Å². The highest BCUT2D eigenvalue weighted by molar-refractivity contribution is 9.12. The van der Waals surface area contributed by atoms with Crippen LogP contribution in [0.3, 0.4) is 0 Å². The number of allylic oxidation sites excluding steroid dienone is 1. The van der Waals surface area contributed by atoms with Gasteiger partial charge in [-0.1, -0.05) is 20.3 Å². The van der Waals surface area contributed by atoms with E-state index in [-0.39, 0.29) is 0 Å². The zero-order valence-corrected chi connectivity index (χ0v) is 9.37. The smallest absolute Gasteiger partial charge is 0.0539 e. The van der Waals surface area contributed by atoms with Crippen LogP contribution in [0.4, 0.5) is 0 Å². The number of rotatable bonds is 6. The molecule has 2 nitrogen and oxygen atoms in total. The van der Waals surface area contributed by atoms with Crippen LogP contribution in [-0.4, -0.2) is 12.3 Å². The van der Waals surface area contributed by atoms with Crippen LogP contribution in [0.5, 0.6) is 0 Å². The van der Waals surface area contributed by atoms with Crippen LogP contribution in [0.1, 0.15) is 33.1 Å². The number of hydrogen-bond acceptors (Lipinski definition) is 2. The van der Waals surface area contributed by atoms with Crippen molar-refractivity contribution in [1.82, 2.24) is 5.32 Å². The molecule has 0 unspecified atom stereocenters. The fraction of sp³-hybridized carbons (Fsp3) is 0.667. The molecule has 0 aliphatic rings. The molecule has 0 atom stereocenters. The average Bonchev–Trinajstić information content (AvgIpc) is 2.05. The molecule has 0 aliphatic carbocycles. The van der Waals surface area contributed by atoms with Crippen LogP contribution < -0.4 is 5.32 Å². The standard InChI is InChI=1S/C9H17BrN2/c1-3-5-9(11)8(10)7-12-6-4-2/h7,11-12H,3-6H2,1-2H3/b8-7+,11-9?. The van der Waals surface area contributed by atoms with Crippen LogP contribution in [-0.2, 0) is 0 Å². The number of nitrogens with one attached hydrogen (secondary N) is 2. The minimum atomic E-state index is 0.668. The van der Waals surface area contributed by atoms with Crippen molar-refractivity contribution in [1.29, 1.82) is 5.41 Å². The van der Waals surface area contributed by atoms with Crippen molar-refractivity contribution < 1.29 is 0 Å². The Bertz CT molecular complexity index is 164. The number of halogens is 1. The molecule has 3 heteroatoms. The zero-order chi connectivity index (χ0) is 9.40. The Morgan fingerprint density at radius 3 is 2.58 bits per heavy atom. The molecule has 0 heterocycles. The van der Waals surface area contributed by atoms with Gasteiger partial charge in [0.15, 0.2) is 0 Å². The van der Waals surface area contributed by atoms with Gasteiger partial charge in [-0.2, -0.15) is 0 Å². The SMILES string of the molecule is CCCN/C=C(/Br)C(=N)CCC. The van der Waals surface area contributed by atoms with Gasteiger partial charge in [0.05, 0.1) is 4.48 Å². The molecule has 2 N–H and O–H groups in total. The maximum absolute atomic E-state index is 7.57. The highest BCUT2D eigenvalue weighted by Gasteiger charge is 1.98. The van der Waals surface area contributed by atoms with Gasteiger partial charge in [-0.15, -0.1) is 0 Å². The Kier molecular flexibility index (Phi) is 7.16. The topological polar surface area (TPSA) is 35.9 Å². The lowest BCUT2D eigenvalue weighted by Gasteiger charge is -2.01. The molecule has 0 saturated carbocycles. The molecule has 0 amide bonds. The van der Waals surface area contributed by atoms with Gasteiger partial charge in [0.2, 0.25) is 0 Å². The lowest BCUT2D eigenvalue weighted by atomic mass is 10.2. The van der Waals surface area contributed by atoms with Crippen molar-refractivity contribution in [2.75, 3.05) is 6.54 Å². The van der Waals surface area contributed by atoms with Crippen LogP contribution in [0, 0.1) is 5.41 Å². The summed E-state index contributed by atoms with van der Waals surface area (Å²) in [7, 11) is 0. The highest BCUT2D eigenvalue weighted by atomic mass is 79.9. The summed E-state index contributed by atoms with van der Waals surface area (Å²) in [6.45, 7) is 5.16. The van der Waals surface area contributed by atoms with Gasteiger partial charge in [-0.05, 0) is 28.8 Å². The molecule has 0 saturated heterocycles. The van der Waals surface area contributed by atoms with Crippen LogP contribution in [0.2, 0.25) is 0 Å². The second-order valence-electron chi connectivity index (χ2n) is 2.67. The quantitative estimate of drug-likeness (QED) is 0.536. The summed E-state index contributed by atoms with van der Waals surface area (Å²) < 4.78 is 0.873. The summed E-state index contributed by atoms with van der Waals surface area (Å²) >= 11 is 3.35. The maximum Gasteiger partial charge on any atom is 0.0539 e. The van der Waals surface area contributed by atoms with E-state index in [1.165, 1.54) is 0 Å². The molecule has 70 valence electrons. The minimum absolute atomic E-state index is 0.668. The van der Waals surface area contributed by atoms with Crippen molar-refractivity contribution in [2.45, 2.75) is 33.1 Å². The Balaban J connectivity index is 3.74. The fourth-order valence-corrected chi connectivity index (χ4v) is 1.12. The van der Waals surface area contributed by atoms with Crippen molar-refractivity contribution in [3.05, 3.63) is 10.7 Å².